The number of nitrogens with two attached hydrogens (primary N) is 1. The lowest BCUT2D eigenvalue weighted by Gasteiger charge is -2.38. The summed E-state index contributed by atoms with van der Waals surface area (Å²) < 4.78 is 1.58. The molecule has 1 fully saturated rings. The highest BCUT2D eigenvalue weighted by Gasteiger charge is 2.35. The number of piperidine rings is 1. The highest BCUT2D eigenvalue weighted by Crippen LogP contribution is 2.40. The summed E-state index contributed by atoms with van der Waals surface area (Å²) in [6, 6.07) is 1.93. The number of amides is 1. The van der Waals surface area contributed by atoms with Gasteiger partial charge in [-0.05, 0) is 35.3 Å². The maximum absolute atomic E-state index is 11.9. The van der Waals surface area contributed by atoms with Crippen LogP contribution in [0.15, 0.2) is 10.5 Å². The number of likely N-dealkylation sites (tertiary alicyclic amines) is 1. The molecule has 0 aromatic carbocycles. The van der Waals surface area contributed by atoms with E-state index in [-0.39, 0.29) is 18.0 Å². The van der Waals surface area contributed by atoms with Crippen LogP contribution in [0.5, 0.6) is 0 Å². The van der Waals surface area contributed by atoms with E-state index >= 15 is 0 Å². The molecule has 2 rings (SSSR count). The van der Waals surface area contributed by atoms with Gasteiger partial charge in [-0.1, -0.05) is 11.6 Å². The van der Waals surface area contributed by atoms with E-state index in [1.165, 1.54) is 11.3 Å². The van der Waals surface area contributed by atoms with E-state index in [2.05, 4.69) is 15.9 Å². The van der Waals surface area contributed by atoms with Crippen molar-refractivity contribution in [2.24, 2.45) is 5.73 Å². The molecular formula is C11H14BrClN2OS. The topological polar surface area (TPSA) is 46.3 Å². The Morgan fingerprint density at radius 1 is 1.71 bits per heavy atom. The van der Waals surface area contributed by atoms with Crippen molar-refractivity contribution in [3.05, 3.63) is 19.8 Å². The molecule has 94 valence electrons. The molecule has 1 aliphatic rings. The SMILES string of the molecule is CCN1C(=O)CCC(N)C1c1cc(Br)c(Cl)s1. The molecule has 1 aliphatic heterocycles. The molecule has 3 nitrogen and oxygen atoms in total. The minimum atomic E-state index is -0.0324. The smallest absolute Gasteiger partial charge is 0.223 e. The molecular weight excluding hydrogens is 324 g/mol. The number of rotatable bonds is 2. The van der Waals surface area contributed by atoms with Gasteiger partial charge in [-0.2, -0.15) is 0 Å². The number of likely N-dealkylation sites (N-methyl/N-ethyl adjacent to an activating group) is 1. The van der Waals surface area contributed by atoms with Crippen molar-refractivity contribution < 1.29 is 4.79 Å². The van der Waals surface area contributed by atoms with Crippen LogP contribution in [-0.4, -0.2) is 23.4 Å². The number of nitrogens with zero attached hydrogens (tertiary/aromatic N) is 1. The third-order valence-corrected chi connectivity index (χ3v) is 5.59. The lowest BCUT2D eigenvalue weighted by atomic mass is 9.95. The van der Waals surface area contributed by atoms with Crippen molar-refractivity contribution in [1.29, 1.82) is 0 Å². The van der Waals surface area contributed by atoms with E-state index in [0.29, 0.717) is 17.3 Å². The number of carbonyl (C=O) groups is 1. The van der Waals surface area contributed by atoms with Gasteiger partial charge in [0.25, 0.3) is 0 Å². The van der Waals surface area contributed by atoms with Crippen LogP contribution in [0.4, 0.5) is 0 Å². The Bertz CT molecular complexity index is 418. The fourth-order valence-electron chi connectivity index (χ4n) is 2.22. The molecule has 1 saturated heterocycles. The molecule has 1 amide bonds. The third kappa shape index (κ3) is 2.52. The molecule has 17 heavy (non-hydrogen) atoms. The van der Waals surface area contributed by atoms with Crippen molar-refractivity contribution in [3.8, 4) is 0 Å². The third-order valence-electron chi connectivity index (χ3n) is 3.05. The van der Waals surface area contributed by atoms with Gasteiger partial charge in [0, 0.05) is 28.4 Å². The maximum atomic E-state index is 11.9. The van der Waals surface area contributed by atoms with Crippen LogP contribution in [0.2, 0.25) is 4.34 Å². The van der Waals surface area contributed by atoms with Crippen LogP contribution in [0.25, 0.3) is 0 Å². The van der Waals surface area contributed by atoms with Crippen LogP contribution < -0.4 is 5.73 Å². The van der Waals surface area contributed by atoms with E-state index in [0.717, 1.165) is 15.8 Å². The Hall–Kier alpha value is -0.100. The lowest BCUT2D eigenvalue weighted by molar-refractivity contribution is -0.136. The number of hydrogen-bond acceptors (Lipinski definition) is 3. The van der Waals surface area contributed by atoms with E-state index in [9.17, 15) is 4.79 Å². The molecule has 1 aromatic heterocycles. The first-order valence-corrected chi connectivity index (χ1v) is 7.53. The van der Waals surface area contributed by atoms with Crippen LogP contribution in [-0.2, 0) is 4.79 Å². The summed E-state index contributed by atoms with van der Waals surface area (Å²) in [6.07, 6.45) is 1.29. The fourth-order valence-corrected chi connectivity index (χ4v) is 4.15. The molecule has 0 spiro atoms. The van der Waals surface area contributed by atoms with Crippen LogP contribution in [0.3, 0.4) is 0 Å². The normalized spacial score (nSPS) is 25.4. The summed E-state index contributed by atoms with van der Waals surface area (Å²) in [5.74, 6) is 0.180. The molecule has 2 unspecified atom stereocenters. The summed E-state index contributed by atoms with van der Waals surface area (Å²) in [4.78, 5) is 14.8. The van der Waals surface area contributed by atoms with Gasteiger partial charge in [0.1, 0.15) is 4.34 Å². The fraction of sp³-hybridized carbons (Fsp3) is 0.545. The van der Waals surface area contributed by atoms with E-state index in [4.69, 9.17) is 17.3 Å². The molecule has 2 heterocycles. The quantitative estimate of drug-likeness (QED) is 0.901. The summed E-state index contributed by atoms with van der Waals surface area (Å²) in [5, 5.41) is 0. The molecule has 2 N–H and O–H groups in total. The highest BCUT2D eigenvalue weighted by molar-refractivity contribution is 9.10. The Labute approximate surface area is 118 Å². The Balaban J connectivity index is 2.35. The first-order valence-electron chi connectivity index (χ1n) is 5.54. The average Bonchev–Trinajstić information content (AvgIpc) is 2.61. The molecule has 0 saturated carbocycles. The molecule has 6 heteroatoms. The number of halogens is 2. The monoisotopic (exact) mass is 336 g/mol. The van der Waals surface area contributed by atoms with Crippen LogP contribution >= 0.6 is 38.9 Å². The first kappa shape index (κ1) is 13.3. The molecule has 2 atom stereocenters. The van der Waals surface area contributed by atoms with Crippen molar-refractivity contribution in [1.82, 2.24) is 4.90 Å². The van der Waals surface area contributed by atoms with Gasteiger partial charge in [0.15, 0.2) is 0 Å². The zero-order valence-electron chi connectivity index (χ0n) is 9.45. The standard InChI is InChI=1S/C11H14BrClN2OS/c1-2-15-9(16)4-3-7(14)10(15)8-5-6(12)11(13)17-8/h5,7,10H,2-4,14H2,1H3. The van der Waals surface area contributed by atoms with Gasteiger partial charge in [0.2, 0.25) is 5.91 Å². The minimum absolute atomic E-state index is 0.00531. The predicted octanol–water partition coefficient (Wildman–Crippen LogP) is 3.17. The summed E-state index contributed by atoms with van der Waals surface area (Å²) in [5.41, 5.74) is 6.15. The van der Waals surface area contributed by atoms with Crippen molar-refractivity contribution in [3.63, 3.8) is 0 Å². The van der Waals surface area contributed by atoms with Crippen LogP contribution in [0.1, 0.15) is 30.7 Å². The Kier molecular flexibility index (Phi) is 4.13. The zero-order chi connectivity index (χ0) is 12.6. The van der Waals surface area contributed by atoms with Gasteiger partial charge in [-0.25, -0.2) is 0 Å². The number of carbonyl (C=O) groups excluding carboxylic acids is 1. The second kappa shape index (κ2) is 5.26. The summed E-state index contributed by atoms with van der Waals surface area (Å²) in [7, 11) is 0. The van der Waals surface area contributed by atoms with Gasteiger partial charge >= 0.3 is 0 Å². The zero-order valence-corrected chi connectivity index (χ0v) is 12.6. The van der Waals surface area contributed by atoms with Crippen molar-refractivity contribution >= 4 is 44.8 Å². The van der Waals surface area contributed by atoms with E-state index in [1.54, 1.807) is 0 Å². The van der Waals surface area contributed by atoms with E-state index in [1.807, 2.05) is 17.9 Å². The molecule has 1 aromatic rings. The minimum Gasteiger partial charge on any atom is -0.334 e. The van der Waals surface area contributed by atoms with Crippen molar-refractivity contribution in [2.75, 3.05) is 6.54 Å². The number of hydrogen-bond donors (Lipinski definition) is 1. The second-order valence-electron chi connectivity index (χ2n) is 4.10. The van der Waals surface area contributed by atoms with Gasteiger partial charge in [-0.15, -0.1) is 11.3 Å². The average molecular weight is 338 g/mol. The van der Waals surface area contributed by atoms with Crippen molar-refractivity contribution in [2.45, 2.75) is 31.8 Å². The molecule has 0 bridgehead atoms. The second-order valence-corrected chi connectivity index (χ2v) is 6.64. The van der Waals surface area contributed by atoms with Gasteiger partial charge in [0.05, 0.1) is 6.04 Å². The number of thiophene rings is 1. The molecule has 0 aliphatic carbocycles. The van der Waals surface area contributed by atoms with Gasteiger partial charge < -0.3 is 10.6 Å². The predicted molar refractivity (Wildman–Crippen MR) is 74.4 cm³/mol. The first-order chi connectivity index (χ1) is 8.04. The largest absolute Gasteiger partial charge is 0.334 e. The van der Waals surface area contributed by atoms with Crippen LogP contribution in [0, 0.1) is 0 Å². The van der Waals surface area contributed by atoms with E-state index < -0.39 is 0 Å². The Morgan fingerprint density at radius 3 is 2.94 bits per heavy atom. The maximum Gasteiger partial charge on any atom is 0.223 e. The summed E-state index contributed by atoms with van der Waals surface area (Å²) in [6.45, 7) is 2.66. The summed E-state index contributed by atoms with van der Waals surface area (Å²) >= 11 is 10.9. The van der Waals surface area contributed by atoms with Gasteiger partial charge in [-0.3, -0.25) is 4.79 Å². The Morgan fingerprint density at radius 2 is 2.41 bits per heavy atom. The molecule has 0 radical (unpaired) electrons. The lowest BCUT2D eigenvalue weighted by Crippen LogP contribution is -2.48. The highest BCUT2D eigenvalue weighted by atomic mass is 79.9.